The summed E-state index contributed by atoms with van der Waals surface area (Å²) >= 11 is 3.12. The van der Waals surface area contributed by atoms with Gasteiger partial charge in [0.15, 0.2) is 0 Å². The predicted molar refractivity (Wildman–Crippen MR) is 79.3 cm³/mol. The molecule has 0 aliphatic rings. The summed E-state index contributed by atoms with van der Waals surface area (Å²) in [4.78, 5) is 0. The van der Waals surface area contributed by atoms with Gasteiger partial charge in [0, 0.05) is 4.47 Å². The van der Waals surface area contributed by atoms with E-state index in [9.17, 15) is 12.8 Å². The van der Waals surface area contributed by atoms with E-state index < -0.39 is 15.8 Å². The van der Waals surface area contributed by atoms with Crippen molar-refractivity contribution in [3.8, 4) is 0 Å². The van der Waals surface area contributed by atoms with Crippen LogP contribution >= 0.6 is 15.9 Å². The van der Waals surface area contributed by atoms with Gasteiger partial charge in [-0.2, -0.15) is 0 Å². The average Bonchev–Trinajstić information content (AvgIpc) is 2.32. The standard InChI is InChI=1S/C12H18BrFN2O2S/c1-2-6-15-7-3-8-19(17,18)16-12-5-4-10(14)9-11(12)13/h4-5,9,15-16H,2-3,6-8H2,1H3. The van der Waals surface area contributed by atoms with Crippen molar-refractivity contribution in [1.82, 2.24) is 5.32 Å². The van der Waals surface area contributed by atoms with E-state index in [1.807, 2.05) is 0 Å². The molecule has 0 spiro atoms. The number of hydrogen-bond acceptors (Lipinski definition) is 3. The molecule has 1 aromatic rings. The van der Waals surface area contributed by atoms with Gasteiger partial charge < -0.3 is 5.32 Å². The van der Waals surface area contributed by atoms with Crippen LogP contribution in [-0.4, -0.2) is 27.3 Å². The quantitative estimate of drug-likeness (QED) is 0.707. The SMILES string of the molecule is CCCNCCCS(=O)(=O)Nc1ccc(F)cc1Br. The summed E-state index contributed by atoms with van der Waals surface area (Å²) in [5, 5.41) is 3.14. The molecule has 0 saturated carbocycles. The van der Waals surface area contributed by atoms with Crippen LogP contribution in [0.2, 0.25) is 0 Å². The number of sulfonamides is 1. The number of hydrogen-bond donors (Lipinski definition) is 2. The van der Waals surface area contributed by atoms with E-state index in [0.717, 1.165) is 13.0 Å². The van der Waals surface area contributed by atoms with Crippen LogP contribution in [0.15, 0.2) is 22.7 Å². The fraction of sp³-hybridized carbons (Fsp3) is 0.500. The monoisotopic (exact) mass is 352 g/mol. The molecule has 1 rings (SSSR count). The Kier molecular flexibility index (Phi) is 6.74. The molecule has 0 unspecified atom stereocenters. The maximum absolute atomic E-state index is 12.9. The molecule has 0 heterocycles. The molecule has 0 aliphatic carbocycles. The number of rotatable bonds is 8. The Bertz CT molecular complexity index is 508. The lowest BCUT2D eigenvalue weighted by atomic mass is 10.3. The van der Waals surface area contributed by atoms with Gasteiger partial charge in [-0.15, -0.1) is 0 Å². The summed E-state index contributed by atoms with van der Waals surface area (Å²) in [6.07, 6.45) is 1.56. The zero-order valence-electron chi connectivity index (χ0n) is 10.7. The normalized spacial score (nSPS) is 11.5. The Morgan fingerprint density at radius 3 is 2.68 bits per heavy atom. The molecule has 0 aromatic heterocycles. The molecule has 0 radical (unpaired) electrons. The number of halogens is 2. The topological polar surface area (TPSA) is 58.2 Å². The summed E-state index contributed by atoms with van der Waals surface area (Å²) in [6, 6.07) is 3.83. The van der Waals surface area contributed by atoms with Crippen LogP contribution in [0, 0.1) is 5.82 Å². The minimum absolute atomic E-state index is 0.0352. The molecule has 2 N–H and O–H groups in total. The zero-order valence-corrected chi connectivity index (χ0v) is 13.2. The summed E-state index contributed by atoms with van der Waals surface area (Å²) in [6.45, 7) is 3.60. The highest BCUT2D eigenvalue weighted by atomic mass is 79.9. The Hall–Kier alpha value is -0.660. The largest absolute Gasteiger partial charge is 0.317 e. The van der Waals surface area contributed by atoms with Gasteiger partial charge in [-0.3, -0.25) is 4.72 Å². The van der Waals surface area contributed by atoms with E-state index >= 15 is 0 Å². The van der Waals surface area contributed by atoms with Gasteiger partial charge in [-0.05, 0) is 60.1 Å². The molecule has 0 amide bonds. The maximum atomic E-state index is 12.9. The highest BCUT2D eigenvalue weighted by molar-refractivity contribution is 9.10. The van der Waals surface area contributed by atoms with E-state index in [4.69, 9.17) is 0 Å². The molecule has 0 bridgehead atoms. The van der Waals surface area contributed by atoms with Crippen LogP contribution in [0.5, 0.6) is 0 Å². The molecule has 108 valence electrons. The minimum Gasteiger partial charge on any atom is -0.317 e. The smallest absolute Gasteiger partial charge is 0.232 e. The van der Waals surface area contributed by atoms with Crippen molar-refractivity contribution in [3.63, 3.8) is 0 Å². The van der Waals surface area contributed by atoms with Gasteiger partial charge in [-0.25, -0.2) is 12.8 Å². The van der Waals surface area contributed by atoms with Crippen LogP contribution < -0.4 is 10.0 Å². The van der Waals surface area contributed by atoms with E-state index in [1.54, 1.807) is 0 Å². The maximum Gasteiger partial charge on any atom is 0.232 e. The Morgan fingerprint density at radius 1 is 1.32 bits per heavy atom. The Balaban J connectivity index is 2.50. The fourth-order valence-electron chi connectivity index (χ4n) is 1.48. The van der Waals surface area contributed by atoms with Crippen molar-refractivity contribution in [2.75, 3.05) is 23.6 Å². The van der Waals surface area contributed by atoms with Crippen molar-refractivity contribution in [2.24, 2.45) is 0 Å². The zero-order chi connectivity index (χ0) is 14.3. The second-order valence-corrected chi connectivity index (χ2v) is 6.84. The highest BCUT2D eigenvalue weighted by Crippen LogP contribution is 2.24. The molecule has 19 heavy (non-hydrogen) atoms. The first-order chi connectivity index (χ1) is 8.94. The van der Waals surface area contributed by atoms with Crippen LogP contribution in [0.3, 0.4) is 0 Å². The van der Waals surface area contributed by atoms with E-state index in [1.165, 1.54) is 18.2 Å². The van der Waals surface area contributed by atoms with Gasteiger partial charge in [0.25, 0.3) is 0 Å². The van der Waals surface area contributed by atoms with Crippen molar-refractivity contribution < 1.29 is 12.8 Å². The van der Waals surface area contributed by atoms with E-state index in [0.29, 0.717) is 23.1 Å². The van der Waals surface area contributed by atoms with E-state index in [-0.39, 0.29) is 5.75 Å². The van der Waals surface area contributed by atoms with Gasteiger partial charge in [0.2, 0.25) is 10.0 Å². The van der Waals surface area contributed by atoms with Crippen molar-refractivity contribution in [1.29, 1.82) is 0 Å². The molecule has 0 fully saturated rings. The lowest BCUT2D eigenvalue weighted by Gasteiger charge is -2.10. The van der Waals surface area contributed by atoms with Crippen LogP contribution in [-0.2, 0) is 10.0 Å². The summed E-state index contributed by atoms with van der Waals surface area (Å²) < 4.78 is 39.3. The molecule has 0 atom stereocenters. The number of anilines is 1. The molecular formula is C12H18BrFN2O2S. The first-order valence-corrected chi connectivity index (χ1v) is 8.55. The summed E-state index contributed by atoms with van der Waals surface area (Å²) in [7, 11) is -3.40. The van der Waals surface area contributed by atoms with Gasteiger partial charge >= 0.3 is 0 Å². The average molecular weight is 353 g/mol. The third kappa shape index (κ3) is 6.35. The Labute approximate surface area is 122 Å². The number of benzene rings is 1. The lowest BCUT2D eigenvalue weighted by Crippen LogP contribution is -2.22. The third-order valence-electron chi connectivity index (χ3n) is 2.39. The summed E-state index contributed by atoms with van der Waals surface area (Å²) in [5.41, 5.74) is 0.350. The predicted octanol–water partition coefficient (Wildman–Crippen LogP) is 2.72. The van der Waals surface area contributed by atoms with Gasteiger partial charge in [0.1, 0.15) is 5.82 Å². The number of nitrogens with one attached hydrogen (secondary N) is 2. The lowest BCUT2D eigenvalue weighted by molar-refractivity contribution is 0.593. The third-order valence-corrected chi connectivity index (χ3v) is 4.40. The molecule has 1 aromatic carbocycles. The fourth-order valence-corrected chi connectivity index (χ4v) is 3.20. The van der Waals surface area contributed by atoms with E-state index in [2.05, 4.69) is 32.9 Å². The molecule has 0 saturated heterocycles. The second-order valence-electron chi connectivity index (χ2n) is 4.15. The van der Waals surface area contributed by atoms with Crippen molar-refractivity contribution in [2.45, 2.75) is 19.8 Å². The van der Waals surface area contributed by atoms with Crippen LogP contribution in [0.1, 0.15) is 19.8 Å². The molecule has 4 nitrogen and oxygen atoms in total. The summed E-state index contributed by atoms with van der Waals surface area (Å²) in [5.74, 6) is -0.383. The van der Waals surface area contributed by atoms with Gasteiger partial charge in [0.05, 0.1) is 11.4 Å². The Morgan fingerprint density at radius 2 is 2.05 bits per heavy atom. The molecule has 0 aliphatic heterocycles. The minimum atomic E-state index is -3.40. The van der Waals surface area contributed by atoms with Gasteiger partial charge in [-0.1, -0.05) is 6.92 Å². The second kappa shape index (κ2) is 7.81. The highest BCUT2D eigenvalue weighted by Gasteiger charge is 2.12. The van der Waals surface area contributed by atoms with Crippen LogP contribution in [0.4, 0.5) is 10.1 Å². The molecule has 7 heteroatoms. The van der Waals surface area contributed by atoms with Crippen molar-refractivity contribution in [3.05, 3.63) is 28.5 Å². The molecular weight excluding hydrogens is 335 g/mol. The first kappa shape index (κ1) is 16.4. The van der Waals surface area contributed by atoms with Crippen LogP contribution in [0.25, 0.3) is 0 Å². The van der Waals surface area contributed by atoms with Crippen molar-refractivity contribution >= 4 is 31.6 Å². The first-order valence-electron chi connectivity index (χ1n) is 6.11.